The van der Waals surface area contributed by atoms with Gasteiger partial charge in [-0.2, -0.15) is 0 Å². The topological polar surface area (TPSA) is 110 Å². The average Bonchev–Trinajstić information content (AvgIpc) is 3.29. The SMILES string of the molecule is CS(=O)(=O)N(Cc1ccc(C(=O)Nc2ccc3c4c(cccc24)CC3)cc1)c1cc([N+](=O)[O-])ccc1Cl. The predicted molar refractivity (Wildman–Crippen MR) is 145 cm³/mol. The van der Waals surface area contributed by atoms with Gasteiger partial charge in [-0.15, -0.1) is 0 Å². The van der Waals surface area contributed by atoms with Crippen molar-refractivity contribution in [2.45, 2.75) is 19.4 Å². The molecule has 0 aromatic heterocycles. The van der Waals surface area contributed by atoms with E-state index in [9.17, 15) is 23.3 Å². The number of halogens is 1. The van der Waals surface area contributed by atoms with Crippen molar-refractivity contribution in [3.63, 3.8) is 0 Å². The largest absolute Gasteiger partial charge is 0.321 e. The number of rotatable bonds is 7. The summed E-state index contributed by atoms with van der Waals surface area (Å²) >= 11 is 6.19. The molecule has 1 aliphatic carbocycles. The highest BCUT2D eigenvalue weighted by atomic mass is 35.5. The Morgan fingerprint density at radius 1 is 1.03 bits per heavy atom. The van der Waals surface area contributed by atoms with Crippen molar-refractivity contribution < 1.29 is 18.1 Å². The number of sulfonamides is 1. The molecule has 1 N–H and O–H groups in total. The molecule has 1 aliphatic rings. The Morgan fingerprint density at radius 2 is 1.73 bits per heavy atom. The molecular formula is C27H22ClN3O5S. The Hall–Kier alpha value is -3.95. The van der Waals surface area contributed by atoms with E-state index in [0.29, 0.717) is 11.1 Å². The second-order valence-electron chi connectivity index (χ2n) is 8.93. The van der Waals surface area contributed by atoms with Crippen LogP contribution in [-0.2, 0) is 29.4 Å². The van der Waals surface area contributed by atoms with Crippen LogP contribution in [-0.4, -0.2) is 25.5 Å². The summed E-state index contributed by atoms with van der Waals surface area (Å²) in [6, 6.07) is 20.2. The highest BCUT2D eigenvalue weighted by molar-refractivity contribution is 7.92. The minimum absolute atomic E-state index is 0.00670. The Balaban J connectivity index is 1.38. The van der Waals surface area contributed by atoms with Crippen molar-refractivity contribution in [3.8, 4) is 0 Å². The average molecular weight is 536 g/mol. The molecule has 0 saturated carbocycles. The third-order valence-electron chi connectivity index (χ3n) is 6.48. The van der Waals surface area contributed by atoms with Gasteiger partial charge in [0.05, 0.1) is 28.4 Å². The maximum atomic E-state index is 13.0. The minimum Gasteiger partial charge on any atom is -0.321 e. The zero-order valence-corrected chi connectivity index (χ0v) is 21.3. The molecule has 0 spiro atoms. The molecule has 8 nitrogen and oxygen atoms in total. The van der Waals surface area contributed by atoms with Gasteiger partial charge < -0.3 is 5.32 Å². The molecule has 0 aliphatic heterocycles. The van der Waals surface area contributed by atoms with E-state index in [-0.39, 0.29) is 28.8 Å². The molecular weight excluding hydrogens is 514 g/mol. The number of non-ortho nitro benzene ring substituents is 1. The maximum Gasteiger partial charge on any atom is 0.271 e. The summed E-state index contributed by atoms with van der Waals surface area (Å²) in [5.74, 6) is -0.285. The number of nitro groups is 1. The molecule has 0 bridgehead atoms. The summed E-state index contributed by atoms with van der Waals surface area (Å²) in [6.45, 7) is -0.115. The fourth-order valence-electron chi connectivity index (χ4n) is 4.66. The first kappa shape index (κ1) is 24.7. The normalized spacial score (nSPS) is 12.5. The first-order valence-corrected chi connectivity index (χ1v) is 13.7. The van der Waals surface area contributed by atoms with Gasteiger partial charge in [0.2, 0.25) is 10.0 Å². The molecule has 10 heteroatoms. The van der Waals surface area contributed by atoms with E-state index in [1.165, 1.54) is 28.6 Å². The van der Waals surface area contributed by atoms with Crippen LogP contribution in [0, 0.1) is 10.1 Å². The van der Waals surface area contributed by atoms with Gasteiger partial charge in [0.1, 0.15) is 0 Å². The Morgan fingerprint density at radius 3 is 2.41 bits per heavy atom. The fourth-order valence-corrected chi connectivity index (χ4v) is 5.83. The van der Waals surface area contributed by atoms with Crippen molar-refractivity contribution in [3.05, 3.63) is 110 Å². The first-order valence-electron chi connectivity index (χ1n) is 11.5. The van der Waals surface area contributed by atoms with Crippen LogP contribution < -0.4 is 9.62 Å². The molecule has 0 unspecified atom stereocenters. The Labute approximate surface area is 218 Å². The van der Waals surface area contributed by atoms with E-state index >= 15 is 0 Å². The van der Waals surface area contributed by atoms with Crippen molar-refractivity contribution in [2.75, 3.05) is 15.9 Å². The standard InChI is InChI=1S/C27H22ClN3O5S/c1-37(35,36)30(25-15-21(31(33)34)12-13-23(25)28)16-17-5-7-20(8-6-17)27(32)29-24-14-11-19-10-9-18-3-2-4-22(24)26(18)19/h2-8,11-15H,9-10,16H2,1H3,(H,29,32). The number of aryl methyl sites for hydroxylation is 2. The van der Waals surface area contributed by atoms with E-state index in [2.05, 4.69) is 17.4 Å². The van der Waals surface area contributed by atoms with Gasteiger partial charge in [0, 0.05) is 28.8 Å². The Kier molecular flexibility index (Phi) is 6.35. The number of benzene rings is 4. The third-order valence-corrected chi connectivity index (χ3v) is 7.92. The van der Waals surface area contributed by atoms with Gasteiger partial charge in [-0.25, -0.2) is 8.42 Å². The number of anilines is 2. The molecule has 5 rings (SSSR count). The van der Waals surface area contributed by atoms with Crippen molar-refractivity contribution in [2.24, 2.45) is 0 Å². The molecule has 37 heavy (non-hydrogen) atoms. The summed E-state index contributed by atoms with van der Waals surface area (Å²) in [6.07, 6.45) is 3.00. The van der Waals surface area contributed by atoms with Gasteiger partial charge >= 0.3 is 0 Å². The lowest BCUT2D eigenvalue weighted by atomic mass is 10.0. The van der Waals surface area contributed by atoms with Crippen LogP contribution in [0.4, 0.5) is 17.1 Å². The summed E-state index contributed by atoms with van der Waals surface area (Å²) in [4.78, 5) is 23.6. The number of carbonyl (C=O) groups excluding carboxylic acids is 1. The molecule has 188 valence electrons. The molecule has 0 radical (unpaired) electrons. The molecule has 0 fully saturated rings. The fraction of sp³-hybridized carbons (Fsp3) is 0.148. The van der Waals surface area contributed by atoms with Gasteiger partial charge in [-0.1, -0.05) is 48.0 Å². The van der Waals surface area contributed by atoms with Gasteiger partial charge in [-0.3, -0.25) is 19.2 Å². The van der Waals surface area contributed by atoms with E-state index in [4.69, 9.17) is 11.6 Å². The third kappa shape index (κ3) is 4.87. The Bertz CT molecular complexity index is 1660. The molecule has 0 heterocycles. The van der Waals surface area contributed by atoms with E-state index in [1.807, 2.05) is 18.2 Å². The zero-order valence-electron chi connectivity index (χ0n) is 19.8. The predicted octanol–water partition coefficient (Wildman–Crippen LogP) is 5.72. The second kappa shape index (κ2) is 9.49. The van der Waals surface area contributed by atoms with Gasteiger partial charge in [-0.05, 0) is 59.2 Å². The first-order chi connectivity index (χ1) is 17.6. The molecule has 0 atom stereocenters. The summed E-state index contributed by atoms with van der Waals surface area (Å²) in [5, 5.41) is 16.5. The number of hydrogen-bond donors (Lipinski definition) is 1. The smallest absolute Gasteiger partial charge is 0.271 e. The monoisotopic (exact) mass is 535 g/mol. The maximum absolute atomic E-state index is 13.0. The van der Waals surface area contributed by atoms with Crippen molar-refractivity contribution >= 4 is 55.4 Å². The van der Waals surface area contributed by atoms with Crippen LogP contribution in [0.15, 0.2) is 72.8 Å². The number of nitrogens with zero attached hydrogens (tertiary/aromatic N) is 2. The van der Waals surface area contributed by atoms with Crippen molar-refractivity contribution in [1.29, 1.82) is 0 Å². The quantitative estimate of drug-likeness (QED) is 0.240. The van der Waals surface area contributed by atoms with Gasteiger partial charge in [0.15, 0.2) is 0 Å². The number of nitrogens with one attached hydrogen (secondary N) is 1. The molecule has 4 aromatic rings. The molecule has 4 aromatic carbocycles. The highest BCUT2D eigenvalue weighted by Gasteiger charge is 2.23. The van der Waals surface area contributed by atoms with Gasteiger partial charge in [0.25, 0.3) is 11.6 Å². The van der Waals surface area contributed by atoms with Crippen LogP contribution in [0.2, 0.25) is 5.02 Å². The summed E-state index contributed by atoms with van der Waals surface area (Å²) in [5.41, 5.74) is 4.02. The second-order valence-corrected chi connectivity index (χ2v) is 11.2. The van der Waals surface area contributed by atoms with Crippen molar-refractivity contribution in [1.82, 2.24) is 0 Å². The number of amides is 1. The van der Waals surface area contributed by atoms with Crippen LogP contribution >= 0.6 is 11.6 Å². The van der Waals surface area contributed by atoms with Crippen LogP contribution in [0.5, 0.6) is 0 Å². The molecule has 1 amide bonds. The molecule has 0 saturated heterocycles. The lowest BCUT2D eigenvalue weighted by Gasteiger charge is -2.23. The number of hydrogen-bond acceptors (Lipinski definition) is 5. The zero-order chi connectivity index (χ0) is 26.3. The summed E-state index contributed by atoms with van der Waals surface area (Å²) in [7, 11) is -3.82. The minimum atomic E-state index is -3.82. The number of carbonyl (C=O) groups is 1. The summed E-state index contributed by atoms with van der Waals surface area (Å²) < 4.78 is 26.1. The van der Waals surface area contributed by atoms with Crippen LogP contribution in [0.3, 0.4) is 0 Å². The highest BCUT2D eigenvalue weighted by Crippen LogP contribution is 2.35. The van der Waals surface area contributed by atoms with Crippen LogP contribution in [0.25, 0.3) is 10.8 Å². The van der Waals surface area contributed by atoms with Crippen LogP contribution in [0.1, 0.15) is 27.0 Å². The van der Waals surface area contributed by atoms with E-state index in [0.717, 1.165) is 40.5 Å². The van der Waals surface area contributed by atoms with E-state index in [1.54, 1.807) is 24.3 Å². The van der Waals surface area contributed by atoms with E-state index < -0.39 is 14.9 Å². The lowest BCUT2D eigenvalue weighted by Crippen LogP contribution is -2.29. The number of nitro benzene ring substituents is 1. The lowest BCUT2D eigenvalue weighted by molar-refractivity contribution is -0.384.